The minimum absolute atomic E-state index is 0. The first-order chi connectivity index (χ1) is 6.89. The second-order valence-electron chi connectivity index (χ2n) is 3.01. The maximum atomic E-state index is 10.7. The first-order valence-corrected chi connectivity index (χ1v) is 5.50. The first-order valence-electron chi connectivity index (χ1n) is 4.06. The first kappa shape index (κ1) is 16.2. The Morgan fingerprint density at radius 1 is 1.19 bits per heavy atom. The zero-order valence-corrected chi connectivity index (χ0v) is 13.3. The molecule has 0 amide bonds. The van der Waals surface area contributed by atoms with Gasteiger partial charge in [-0.25, -0.2) is 0 Å². The predicted molar refractivity (Wildman–Crippen MR) is 54.5 cm³/mol. The van der Waals surface area contributed by atoms with Crippen molar-refractivity contribution in [1.29, 1.82) is 0 Å². The minimum atomic E-state index is -4.13. The fourth-order valence-electron chi connectivity index (χ4n) is 0.826. The summed E-state index contributed by atoms with van der Waals surface area (Å²) in [7, 11) is -0.697. The summed E-state index contributed by atoms with van der Waals surface area (Å²) >= 11 is 0. The van der Waals surface area contributed by atoms with Gasteiger partial charge in [0.1, 0.15) is 0 Å². The molecule has 0 aliphatic heterocycles. The summed E-state index contributed by atoms with van der Waals surface area (Å²) in [6, 6.07) is 5.44. The molecule has 16 heavy (non-hydrogen) atoms. The van der Waals surface area contributed by atoms with E-state index in [9.17, 15) is 8.42 Å². The molecule has 6 nitrogen and oxygen atoms in total. The van der Waals surface area contributed by atoms with Crippen molar-refractivity contribution in [3.05, 3.63) is 24.3 Å². The Balaban J connectivity index is 0.00000225. The van der Waals surface area contributed by atoms with Crippen LogP contribution >= 0.6 is 0 Å². The zero-order valence-electron chi connectivity index (χ0n) is 9.32. The number of benzene rings is 1. The molecular formula is C8H11KN3O3S+. The van der Waals surface area contributed by atoms with Crippen molar-refractivity contribution in [3.8, 4) is 0 Å². The molecule has 0 spiro atoms. The number of hydrogen-bond acceptors (Lipinski definition) is 4. The summed E-state index contributed by atoms with van der Waals surface area (Å²) in [5.74, 6) is 0. The molecular weight excluding hydrogens is 257 g/mol. The van der Waals surface area contributed by atoms with E-state index in [1.54, 1.807) is 14.1 Å². The largest absolute Gasteiger partial charge is 1.00 e. The van der Waals surface area contributed by atoms with Crippen LogP contribution in [0.15, 0.2) is 39.5 Å². The molecule has 0 saturated heterocycles. The van der Waals surface area contributed by atoms with Gasteiger partial charge >= 0.3 is 51.4 Å². The summed E-state index contributed by atoms with van der Waals surface area (Å²) in [4.78, 5) is -0.161. The second kappa shape index (κ2) is 6.79. The van der Waals surface area contributed by atoms with Gasteiger partial charge in [0, 0.05) is 14.1 Å². The van der Waals surface area contributed by atoms with Gasteiger partial charge in [-0.1, -0.05) is 5.22 Å². The molecule has 0 atom stereocenters. The number of rotatable bonds is 3. The van der Waals surface area contributed by atoms with E-state index in [2.05, 4.69) is 10.3 Å². The molecule has 0 bridgehead atoms. The molecule has 1 N–H and O–H groups in total. The molecule has 0 aromatic heterocycles. The van der Waals surface area contributed by atoms with Crippen molar-refractivity contribution in [2.75, 3.05) is 14.1 Å². The SMILES string of the molecule is CN(C)N=Nc1ccc(S(=O)(=O)O)cc1.[K+]. The predicted octanol–water partition coefficient (Wildman–Crippen LogP) is -1.50. The van der Waals surface area contributed by atoms with Crippen LogP contribution in [0.1, 0.15) is 0 Å². The Morgan fingerprint density at radius 3 is 2.06 bits per heavy atom. The van der Waals surface area contributed by atoms with Crippen molar-refractivity contribution in [1.82, 2.24) is 5.01 Å². The summed E-state index contributed by atoms with van der Waals surface area (Å²) in [5, 5.41) is 9.05. The molecule has 0 aliphatic rings. The van der Waals surface area contributed by atoms with E-state index >= 15 is 0 Å². The van der Waals surface area contributed by atoms with Crippen LogP contribution < -0.4 is 51.4 Å². The van der Waals surface area contributed by atoms with Crippen LogP contribution in [-0.2, 0) is 10.1 Å². The van der Waals surface area contributed by atoms with E-state index in [-0.39, 0.29) is 56.3 Å². The van der Waals surface area contributed by atoms with Gasteiger partial charge < -0.3 is 0 Å². The van der Waals surface area contributed by atoms with Crippen molar-refractivity contribution < 1.29 is 64.4 Å². The molecule has 8 heteroatoms. The van der Waals surface area contributed by atoms with E-state index in [0.29, 0.717) is 5.69 Å². The Morgan fingerprint density at radius 2 is 1.69 bits per heavy atom. The zero-order chi connectivity index (χ0) is 11.5. The third kappa shape index (κ3) is 5.48. The molecule has 0 heterocycles. The number of hydrogen-bond donors (Lipinski definition) is 1. The average molecular weight is 268 g/mol. The van der Waals surface area contributed by atoms with Crippen LogP contribution in [-0.4, -0.2) is 32.1 Å². The van der Waals surface area contributed by atoms with Crippen LogP contribution in [0.3, 0.4) is 0 Å². The quantitative estimate of drug-likeness (QED) is 0.313. The van der Waals surface area contributed by atoms with Crippen molar-refractivity contribution in [2.45, 2.75) is 4.90 Å². The minimum Gasteiger partial charge on any atom is -0.285 e. The molecule has 1 aromatic carbocycles. The molecule has 1 aromatic rings. The van der Waals surface area contributed by atoms with Gasteiger partial charge in [0.15, 0.2) is 0 Å². The van der Waals surface area contributed by atoms with E-state index in [0.717, 1.165) is 0 Å². The van der Waals surface area contributed by atoms with Gasteiger partial charge in [-0.2, -0.15) is 8.42 Å². The Hall–Kier alpha value is 0.166. The van der Waals surface area contributed by atoms with Crippen molar-refractivity contribution >= 4 is 15.8 Å². The Kier molecular flexibility index (Phi) is 6.86. The van der Waals surface area contributed by atoms with E-state index in [1.165, 1.54) is 29.3 Å². The fraction of sp³-hybridized carbons (Fsp3) is 0.250. The van der Waals surface area contributed by atoms with Gasteiger partial charge in [0.05, 0.1) is 10.6 Å². The number of nitrogens with zero attached hydrogens (tertiary/aromatic N) is 3. The standard InChI is InChI=1S/C8H11N3O3S.K/c1-11(2)10-9-7-3-5-8(6-4-7)15(12,13)14;/h3-6H,1-2H3,(H,12,13,14);/q;+1. The summed E-state index contributed by atoms with van der Waals surface area (Å²) in [5.41, 5.74) is 0.510. The smallest absolute Gasteiger partial charge is 0.285 e. The van der Waals surface area contributed by atoms with Gasteiger partial charge in [-0.05, 0) is 24.3 Å². The van der Waals surface area contributed by atoms with Crippen LogP contribution in [0.5, 0.6) is 0 Å². The summed E-state index contributed by atoms with van der Waals surface area (Å²) in [6.45, 7) is 0. The molecule has 1 rings (SSSR count). The van der Waals surface area contributed by atoms with Gasteiger partial charge in [0.25, 0.3) is 10.1 Å². The third-order valence-corrected chi connectivity index (χ3v) is 2.34. The average Bonchev–Trinajstić information content (AvgIpc) is 2.14. The molecule has 0 saturated carbocycles. The van der Waals surface area contributed by atoms with Crippen LogP contribution in [0, 0.1) is 0 Å². The molecule has 0 unspecified atom stereocenters. The van der Waals surface area contributed by atoms with Crippen LogP contribution in [0.2, 0.25) is 0 Å². The topological polar surface area (TPSA) is 82.3 Å². The Labute approximate surface area is 137 Å². The molecule has 0 fully saturated rings. The van der Waals surface area contributed by atoms with E-state index < -0.39 is 10.1 Å². The van der Waals surface area contributed by atoms with Gasteiger partial charge in [-0.15, -0.1) is 5.11 Å². The summed E-state index contributed by atoms with van der Waals surface area (Å²) < 4.78 is 30.1. The molecule has 82 valence electrons. The normalized spacial score (nSPS) is 11.2. The van der Waals surface area contributed by atoms with Crippen molar-refractivity contribution in [3.63, 3.8) is 0 Å². The van der Waals surface area contributed by atoms with Gasteiger partial charge in [-0.3, -0.25) is 9.56 Å². The van der Waals surface area contributed by atoms with Crippen LogP contribution in [0.4, 0.5) is 5.69 Å². The fourth-order valence-corrected chi connectivity index (χ4v) is 1.31. The second-order valence-corrected chi connectivity index (χ2v) is 4.43. The van der Waals surface area contributed by atoms with E-state index in [1.807, 2.05) is 0 Å². The maximum Gasteiger partial charge on any atom is 1.00 e. The molecule has 0 aliphatic carbocycles. The van der Waals surface area contributed by atoms with Crippen molar-refractivity contribution in [2.24, 2.45) is 10.3 Å². The summed E-state index contributed by atoms with van der Waals surface area (Å²) in [6.07, 6.45) is 0. The maximum absolute atomic E-state index is 10.7. The van der Waals surface area contributed by atoms with Gasteiger partial charge in [0.2, 0.25) is 0 Å². The molecule has 0 radical (unpaired) electrons. The van der Waals surface area contributed by atoms with E-state index in [4.69, 9.17) is 4.55 Å². The third-order valence-electron chi connectivity index (χ3n) is 1.47. The van der Waals surface area contributed by atoms with Crippen LogP contribution in [0.25, 0.3) is 0 Å². The Bertz CT molecular complexity index is 456. The monoisotopic (exact) mass is 268 g/mol.